The monoisotopic (exact) mass is 332 g/mol. The first kappa shape index (κ1) is 18.5. The van der Waals surface area contributed by atoms with E-state index in [-0.39, 0.29) is 36.9 Å². The topological polar surface area (TPSA) is 69.6 Å². The molecular weight excluding hydrogens is 304 g/mol. The Bertz CT molecular complexity index is 573. The van der Waals surface area contributed by atoms with Gasteiger partial charge in [-0.25, -0.2) is 0 Å². The summed E-state index contributed by atoms with van der Waals surface area (Å²) in [4.78, 5) is 26.0. The zero-order valence-corrected chi connectivity index (χ0v) is 14.6. The molecule has 0 spiro atoms. The van der Waals surface area contributed by atoms with Crippen LogP contribution in [-0.4, -0.2) is 47.1 Å². The molecule has 5 heteroatoms. The van der Waals surface area contributed by atoms with E-state index in [9.17, 15) is 14.7 Å². The summed E-state index contributed by atoms with van der Waals surface area (Å²) < 4.78 is 0. The molecule has 2 N–H and O–H groups in total. The maximum atomic E-state index is 12.3. The van der Waals surface area contributed by atoms with Gasteiger partial charge in [0.05, 0.1) is 12.6 Å². The minimum absolute atomic E-state index is 0.100. The molecule has 1 aliphatic heterocycles. The van der Waals surface area contributed by atoms with Crippen molar-refractivity contribution < 1.29 is 14.7 Å². The van der Waals surface area contributed by atoms with E-state index in [0.29, 0.717) is 12.8 Å². The molecule has 1 saturated heterocycles. The Morgan fingerprint density at radius 1 is 1.33 bits per heavy atom. The fraction of sp³-hybridized carbons (Fsp3) is 0.579. The molecule has 0 bridgehead atoms. The summed E-state index contributed by atoms with van der Waals surface area (Å²) in [6.07, 6.45) is 3.40. The van der Waals surface area contributed by atoms with E-state index in [1.165, 1.54) is 0 Å². The minimum atomic E-state index is -0.303. The predicted octanol–water partition coefficient (Wildman–Crippen LogP) is 1.81. The van der Waals surface area contributed by atoms with E-state index in [0.717, 1.165) is 30.5 Å². The second kappa shape index (κ2) is 8.83. The molecule has 0 aromatic heterocycles. The van der Waals surface area contributed by atoms with Crippen LogP contribution in [0.3, 0.4) is 0 Å². The number of aryl methyl sites for hydroxylation is 1. The molecule has 0 saturated carbocycles. The zero-order chi connectivity index (χ0) is 17.5. The van der Waals surface area contributed by atoms with Crippen LogP contribution >= 0.6 is 0 Å². The summed E-state index contributed by atoms with van der Waals surface area (Å²) in [5.74, 6) is 0.0219. The number of likely N-dealkylation sites (tertiary alicyclic amines) is 1. The summed E-state index contributed by atoms with van der Waals surface area (Å²) in [7, 11) is 0. The lowest BCUT2D eigenvalue weighted by molar-refractivity contribution is -0.136. The van der Waals surface area contributed by atoms with Crippen molar-refractivity contribution in [3.63, 3.8) is 0 Å². The maximum absolute atomic E-state index is 12.3. The van der Waals surface area contributed by atoms with Gasteiger partial charge in [0.2, 0.25) is 11.8 Å². The summed E-state index contributed by atoms with van der Waals surface area (Å²) in [5.41, 5.74) is 2.27. The molecule has 5 nitrogen and oxygen atoms in total. The molecule has 2 amide bonds. The van der Waals surface area contributed by atoms with Crippen molar-refractivity contribution >= 4 is 11.8 Å². The van der Waals surface area contributed by atoms with E-state index in [1.54, 1.807) is 4.90 Å². The molecule has 24 heavy (non-hydrogen) atoms. The van der Waals surface area contributed by atoms with Crippen LogP contribution in [0.15, 0.2) is 24.3 Å². The standard InChI is InChI=1S/C19H28N2O3/c1-14-7-3-4-8-16(14)12-17(13-22)20-18(23)11-15(2)21-10-6-5-9-19(21)24/h3-4,7-8,15,17,22H,5-6,9-13H2,1-2H3,(H,20,23)/t15-,17+/m1/s1. The summed E-state index contributed by atoms with van der Waals surface area (Å²) in [6, 6.07) is 7.57. The molecule has 2 atom stereocenters. The van der Waals surface area contributed by atoms with Gasteiger partial charge in [-0.2, -0.15) is 0 Å². The number of aliphatic hydroxyl groups is 1. The molecule has 1 aromatic carbocycles. The largest absolute Gasteiger partial charge is 0.394 e. The highest BCUT2D eigenvalue weighted by molar-refractivity contribution is 5.80. The van der Waals surface area contributed by atoms with Crippen LogP contribution in [0.2, 0.25) is 0 Å². The number of amides is 2. The summed E-state index contributed by atoms with van der Waals surface area (Å²) >= 11 is 0. The third kappa shape index (κ3) is 5.06. The van der Waals surface area contributed by atoms with Crippen LogP contribution in [0.4, 0.5) is 0 Å². The van der Waals surface area contributed by atoms with E-state index < -0.39 is 0 Å². The SMILES string of the molecule is Cc1ccccc1C[C@@H](CO)NC(=O)C[C@@H](C)N1CCCCC1=O. The first-order valence-corrected chi connectivity index (χ1v) is 8.75. The van der Waals surface area contributed by atoms with Gasteiger partial charge in [-0.15, -0.1) is 0 Å². The average molecular weight is 332 g/mol. The number of hydrogen-bond donors (Lipinski definition) is 2. The van der Waals surface area contributed by atoms with Gasteiger partial charge in [0, 0.05) is 25.4 Å². The number of nitrogens with zero attached hydrogens (tertiary/aromatic N) is 1. The predicted molar refractivity (Wildman–Crippen MR) is 93.5 cm³/mol. The third-order valence-corrected chi connectivity index (χ3v) is 4.69. The van der Waals surface area contributed by atoms with Crippen LogP contribution in [-0.2, 0) is 16.0 Å². The third-order valence-electron chi connectivity index (χ3n) is 4.69. The Morgan fingerprint density at radius 2 is 2.08 bits per heavy atom. The molecule has 2 rings (SSSR count). The lowest BCUT2D eigenvalue weighted by Gasteiger charge is -2.32. The average Bonchev–Trinajstić information content (AvgIpc) is 2.56. The Kier molecular flexibility index (Phi) is 6.79. The van der Waals surface area contributed by atoms with E-state index in [2.05, 4.69) is 5.32 Å². The number of rotatable bonds is 7. The molecule has 1 aliphatic rings. The number of nitrogens with one attached hydrogen (secondary N) is 1. The number of benzene rings is 1. The van der Waals surface area contributed by atoms with Crippen molar-refractivity contribution in [2.24, 2.45) is 0 Å². The quantitative estimate of drug-likeness (QED) is 0.800. The molecule has 1 fully saturated rings. The minimum Gasteiger partial charge on any atom is -0.394 e. The molecule has 1 heterocycles. The van der Waals surface area contributed by atoms with Crippen LogP contribution in [0.25, 0.3) is 0 Å². The fourth-order valence-electron chi connectivity index (χ4n) is 3.22. The summed E-state index contributed by atoms with van der Waals surface area (Å²) in [6.45, 7) is 4.57. The highest BCUT2D eigenvalue weighted by Gasteiger charge is 2.25. The first-order chi connectivity index (χ1) is 11.5. The van der Waals surface area contributed by atoms with Gasteiger partial charge in [0.15, 0.2) is 0 Å². The molecule has 0 unspecified atom stereocenters. The first-order valence-electron chi connectivity index (χ1n) is 8.75. The van der Waals surface area contributed by atoms with Gasteiger partial charge in [0.25, 0.3) is 0 Å². The molecule has 132 valence electrons. The van der Waals surface area contributed by atoms with Gasteiger partial charge < -0.3 is 15.3 Å². The second-order valence-corrected chi connectivity index (χ2v) is 6.68. The van der Waals surface area contributed by atoms with Crippen molar-refractivity contribution in [1.29, 1.82) is 0 Å². The van der Waals surface area contributed by atoms with Crippen LogP contribution in [0, 0.1) is 6.92 Å². The van der Waals surface area contributed by atoms with Crippen LogP contribution in [0.5, 0.6) is 0 Å². The molecule has 0 aliphatic carbocycles. The van der Waals surface area contributed by atoms with Gasteiger partial charge in [-0.05, 0) is 44.2 Å². The van der Waals surface area contributed by atoms with Crippen LogP contribution < -0.4 is 5.32 Å². The normalized spacial score (nSPS) is 17.5. The Labute approximate surface area is 144 Å². The zero-order valence-electron chi connectivity index (χ0n) is 14.6. The van der Waals surface area contributed by atoms with E-state index in [1.807, 2.05) is 38.1 Å². The van der Waals surface area contributed by atoms with Crippen molar-refractivity contribution in [2.75, 3.05) is 13.2 Å². The summed E-state index contributed by atoms with van der Waals surface area (Å²) in [5, 5.41) is 12.5. The lowest BCUT2D eigenvalue weighted by Crippen LogP contribution is -2.46. The number of carbonyl (C=O) groups excluding carboxylic acids is 2. The van der Waals surface area contributed by atoms with Crippen molar-refractivity contribution in [3.05, 3.63) is 35.4 Å². The highest BCUT2D eigenvalue weighted by atomic mass is 16.3. The Morgan fingerprint density at radius 3 is 2.75 bits per heavy atom. The number of carbonyl (C=O) groups is 2. The van der Waals surface area contributed by atoms with Crippen molar-refractivity contribution in [2.45, 2.75) is 58.0 Å². The maximum Gasteiger partial charge on any atom is 0.222 e. The van der Waals surface area contributed by atoms with Gasteiger partial charge in [0.1, 0.15) is 0 Å². The number of piperidine rings is 1. The molecular formula is C19H28N2O3. The Balaban J connectivity index is 1.87. The number of hydrogen-bond acceptors (Lipinski definition) is 3. The van der Waals surface area contributed by atoms with Gasteiger partial charge in [-0.1, -0.05) is 24.3 Å². The lowest BCUT2D eigenvalue weighted by atomic mass is 10.0. The second-order valence-electron chi connectivity index (χ2n) is 6.68. The van der Waals surface area contributed by atoms with Crippen molar-refractivity contribution in [1.82, 2.24) is 10.2 Å². The van der Waals surface area contributed by atoms with Crippen LogP contribution in [0.1, 0.15) is 43.7 Å². The highest BCUT2D eigenvalue weighted by Crippen LogP contribution is 2.16. The Hall–Kier alpha value is -1.88. The molecule has 1 aromatic rings. The van der Waals surface area contributed by atoms with Gasteiger partial charge in [-0.3, -0.25) is 9.59 Å². The van der Waals surface area contributed by atoms with E-state index in [4.69, 9.17) is 0 Å². The fourth-order valence-corrected chi connectivity index (χ4v) is 3.22. The van der Waals surface area contributed by atoms with E-state index >= 15 is 0 Å². The number of aliphatic hydroxyl groups excluding tert-OH is 1. The van der Waals surface area contributed by atoms with Gasteiger partial charge >= 0.3 is 0 Å². The molecule has 0 radical (unpaired) electrons. The smallest absolute Gasteiger partial charge is 0.222 e. The van der Waals surface area contributed by atoms with Crippen molar-refractivity contribution in [3.8, 4) is 0 Å².